The second-order valence-electron chi connectivity index (χ2n) is 8.91. The molecule has 0 heterocycles. The van der Waals surface area contributed by atoms with E-state index in [9.17, 15) is 4.79 Å². The molecule has 0 radical (unpaired) electrons. The van der Waals surface area contributed by atoms with Crippen molar-refractivity contribution in [2.75, 3.05) is 6.54 Å². The quantitative estimate of drug-likeness (QED) is 0.186. The molecule has 4 rings (SSSR count). The standard InChI is InChI=1S/C29H35NO/c1-2-3-4-5-6-7-8-21-30-27(31)14-10-11-22-15-16-25-18-17-23-12-9-13-24-19-20-26(22)29(25)28(23)24/h9,12-13,15-20H,2-8,10-11,14,21H2,1H3,(H,30,31). The summed E-state index contributed by atoms with van der Waals surface area (Å²) in [7, 11) is 0. The highest BCUT2D eigenvalue weighted by Crippen LogP contribution is 2.36. The van der Waals surface area contributed by atoms with E-state index in [0.717, 1.165) is 25.8 Å². The summed E-state index contributed by atoms with van der Waals surface area (Å²) in [5.41, 5.74) is 1.35. The predicted molar refractivity (Wildman–Crippen MR) is 134 cm³/mol. The molecule has 0 aliphatic heterocycles. The number of hydrogen-bond acceptors (Lipinski definition) is 1. The Balaban J connectivity index is 1.29. The first-order valence-electron chi connectivity index (χ1n) is 12.2. The highest BCUT2D eigenvalue weighted by Gasteiger charge is 2.11. The Hall–Kier alpha value is -2.61. The van der Waals surface area contributed by atoms with Crippen LogP contribution in [0.5, 0.6) is 0 Å². The first-order chi connectivity index (χ1) is 15.3. The van der Waals surface area contributed by atoms with Gasteiger partial charge in [-0.05, 0) is 57.1 Å². The number of rotatable bonds is 12. The van der Waals surface area contributed by atoms with Crippen molar-refractivity contribution >= 4 is 38.2 Å². The van der Waals surface area contributed by atoms with Crippen LogP contribution in [0.2, 0.25) is 0 Å². The van der Waals surface area contributed by atoms with E-state index in [1.54, 1.807) is 0 Å². The molecule has 0 aromatic heterocycles. The predicted octanol–water partition coefficient (Wildman–Crippen LogP) is 7.77. The van der Waals surface area contributed by atoms with E-state index >= 15 is 0 Å². The van der Waals surface area contributed by atoms with E-state index in [1.165, 1.54) is 76.4 Å². The number of carbonyl (C=O) groups is 1. The van der Waals surface area contributed by atoms with Crippen molar-refractivity contribution in [3.05, 3.63) is 60.2 Å². The lowest BCUT2D eigenvalue weighted by Gasteiger charge is -2.14. The molecule has 0 aliphatic carbocycles. The fourth-order valence-electron chi connectivity index (χ4n) is 4.85. The van der Waals surface area contributed by atoms with Gasteiger partial charge in [0.05, 0.1) is 0 Å². The monoisotopic (exact) mass is 413 g/mol. The Morgan fingerprint density at radius 2 is 1.35 bits per heavy atom. The molecule has 0 atom stereocenters. The van der Waals surface area contributed by atoms with Crippen LogP contribution in [0.1, 0.15) is 70.3 Å². The van der Waals surface area contributed by atoms with E-state index in [-0.39, 0.29) is 5.91 Å². The number of hydrogen-bond donors (Lipinski definition) is 1. The summed E-state index contributed by atoms with van der Waals surface area (Å²) < 4.78 is 0. The van der Waals surface area contributed by atoms with Gasteiger partial charge < -0.3 is 5.32 Å². The average Bonchev–Trinajstić information content (AvgIpc) is 2.80. The Labute approximate surface area is 186 Å². The van der Waals surface area contributed by atoms with Gasteiger partial charge in [-0.1, -0.05) is 100 Å². The maximum Gasteiger partial charge on any atom is 0.220 e. The van der Waals surface area contributed by atoms with Gasteiger partial charge in [-0.15, -0.1) is 0 Å². The van der Waals surface area contributed by atoms with Crippen LogP contribution in [0.25, 0.3) is 32.3 Å². The molecule has 31 heavy (non-hydrogen) atoms. The third-order valence-corrected chi connectivity index (χ3v) is 6.57. The number of nitrogens with one attached hydrogen (secondary N) is 1. The molecule has 4 aromatic rings. The molecule has 0 bridgehead atoms. The van der Waals surface area contributed by atoms with Crippen LogP contribution in [-0.4, -0.2) is 12.5 Å². The molecule has 4 aromatic carbocycles. The average molecular weight is 414 g/mol. The summed E-state index contributed by atoms with van der Waals surface area (Å²) in [6.45, 7) is 3.07. The summed E-state index contributed by atoms with van der Waals surface area (Å²) in [4.78, 5) is 12.2. The first-order valence-corrected chi connectivity index (χ1v) is 12.2. The van der Waals surface area contributed by atoms with Gasteiger partial charge in [0.1, 0.15) is 0 Å². The zero-order valence-corrected chi connectivity index (χ0v) is 18.9. The number of amides is 1. The van der Waals surface area contributed by atoms with Crippen LogP contribution in [0, 0.1) is 0 Å². The van der Waals surface area contributed by atoms with E-state index < -0.39 is 0 Å². The van der Waals surface area contributed by atoms with E-state index in [0.29, 0.717) is 6.42 Å². The lowest BCUT2D eigenvalue weighted by molar-refractivity contribution is -0.121. The highest BCUT2D eigenvalue weighted by molar-refractivity contribution is 6.23. The van der Waals surface area contributed by atoms with Gasteiger partial charge in [-0.2, -0.15) is 0 Å². The molecule has 0 fully saturated rings. The smallest absolute Gasteiger partial charge is 0.220 e. The van der Waals surface area contributed by atoms with Crippen molar-refractivity contribution in [1.29, 1.82) is 0 Å². The topological polar surface area (TPSA) is 29.1 Å². The molecule has 0 aliphatic rings. The lowest BCUT2D eigenvalue weighted by Crippen LogP contribution is -2.24. The molecule has 2 heteroatoms. The van der Waals surface area contributed by atoms with E-state index in [2.05, 4.69) is 66.8 Å². The Morgan fingerprint density at radius 1 is 0.710 bits per heavy atom. The molecular formula is C29H35NO. The third kappa shape index (κ3) is 5.18. The molecule has 1 amide bonds. The lowest BCUT2D eigenvalue weighted by atomic mass is 9.90. The maximum absolute atomic E-state index is 12.2. The van der Waals surface area contributed by atoms with Gasteiger partial charge in [0.15, 0.2) is 0 Å². The number of aryl methyl sites for hydroxylation is 1. The van der Waals surface area contributed by atoms with Gasteiger partial charge >= 0.3 is 0 Å². The molecule has 2 nitrogen and oxygen atoms in total. The Kier molecular flexibility index (Phi) is 7.40. The molecule has 0 saturated heterocycles. The minimum Gasteiger partial charge on any atom is -0.356 e. The van der Waals surface area contributed by atoms with Crippen molar-refractivity contribution in [2.45, 2.75) is 71.1 Å². The maximum atomic E-state index is 12.2. The number of carbonyl (C=O) groups excluding carboxylic acids is 1. The normalized spacial score (nSPS) is 11.6. The fraction of sp³-hybridized carbons (Fsp3) is 0.414. The van der Waals surface area contributed by atoms with Gasteiger partial charge in [0.25, 0.3) is 0 Å². The van der Waals surface area contributed by atoms with Crippen molar-refractivity contribution in [1.82, 2.24) is 5.32 Å². The van der Waals surface area contributed by atoms with Crippen molar-refractivity contribution in [3.63, 3.8) is 0 Å². The molecule has 162 valence electrons. The summed E-state index contributed by atoms with van der Waals surface area (Å²) in [6.07, 6.45) is 11.4. The van der Waals surface area contributed by atoms with Crippen LogP contribution >= 0.6 is 0 Å². The van der Waals surface area contributed by atoms with Gasteiger partial charge in [-0.3, -0.25) is 4.79 Å². The summed E-state index contributed by atoms with van der Waals surface area (Å²) in [5.74, 6) is 0.198. The summed E-state index contributed by atoms with van der Waals surface area (Å²) >= 11 is 0. The van der Waals surface area contributed by atoms with Crippen molar-refractivity contribution < 1.29 is 4.79 Å². The number of benzene rings is 4. The zero-order valence-electron chi connectivity index (χ0n) is 18.9. The summed E-state index contributed by atoms with van der Waals surface area (Å²) in [6, 6.07) is 20.0. The number of unbranched alkanes of at least 4 members (excludes halogenated alkanes) is 6. The van der Waals surface area contributed by atoms with Crippen LogP contribution in [0.3, 0.4) is 0 Å². The Bertz CT molecular complexity index is 1110. The van der Waals surface area contributed by atoms with Crippen LogP contribution in [0.4, 0.5) is 0 Å². The van der Waals surface area contributed by atoms with E-state index in [4.69, 9.17) is 0 Å². The van der Waals surface area contributed by atoms with Crippen LogP contribution in [0.15, 0.2) is 54.6 Å². The molecular weight excluding hydrogens is 378 g/mol. The summed E-state index contributed by atoms with van der Waals surface area (Å²) in [5, 5.41) is 11.1. The minimum atomic E-state index is 0.198. The molecule has 0 unspecified atom stereocenters. The molecule has 0 spiro atoms. The van der Waals surface area contributed by atoms with Crippen molar-refractivity contribution in [2.24, 2.45) is 0 Å². The third-order valence-electron chi connectivity index (χ3n) is 6.57. The minimum absolute atomic E-state index is 0.198. The second kappa shape index (κ2) is 10.6. The second-order valence-corrected chi connectivity index (χ2v) is 8.91. The highest BCUT2D eigenvalue weighted by atomic mass is 16.1. The SMILES string of the molecule is CCCCCCCCCNC(=O)CCCc1ccc2ccc3cccc4ccc1c2c34. The van der Waals surface area contributed by atoms with Crippen LogP contribution < -0.4 is 5.32 Å². The van der Waals surface area contributed by atoms with E-state index in [1.807, 2.05) is 0 Å². The molecule has 1 N–H and O–H groups in total. The Morgan fingerprint density at radius 3 is 2.13 bits per heavy atom. The first kappa shape index (κ1) is 21.6. The van der Waals surface area contributed by atoms with Crippen molar-refractivity contribution in [3.8, 4) is 0 Å². The van der Waals surface area contributed by atoms with Gasteiger partial charge in [-0.25, -0.2) is 0 Å². The zero-order chi connectivity index (χ0) is 21.5. The fourth-order valence-corrected chi connectivity index (χ4v) is 4.85. The van der Waals surface area contributed by atoms with Gasteiger partial charge in [0, 0.05) is 13.0 Å². The largest absolute Gasteiger partial charge is 0.356 e. The van der Waals surface area contributed by atoms with Crippen LogP contribution in [-0.2, 0) is 11.2 Å². The van der Waals surface area contributed by atoms with Gasteiger partial charge in [0.2, 0.25) is 5.91 Å². The molecule has 0 saturated carbocycles.